The maximum Gasteiger partial charge on any atom is 0.276 e. The second kappa shape index (κ2) is 10.4. The van der Waals surface area contributed by atoms with Crippen LogP contribution >= 0.6 is 0 Å². The minimum atomic E-state index is -1.12. The smallest absolute Gasteiger partial charge is 0.276 e. The Morgan fingerprint density at radius 1 is 1.08 bits per heavy atom. The van der Waals surface area contributed by atoms with Gasteiger partial charge in [0.1, 0.15) is 11.2 Å². The molecule has 0 spiro atoms. The molecular formula is C28H33N5O3. The lowest BCUT2D eigenvalue weighted by molar-refractivity contribution is -0.133. The number of anilines is 1. The summed E-state index contributed by atoms with van der Waals surface area (Å²) in [5.74, 6) is -1.06. The Balaban J connectivity index is 1.59. The fraction of sp³-hybridized carbons (Fsp3) is 0.357. The highest BCUT2D eigenvalue weighted by Crippen LogP contribution is 2.30. The normalized spacial score (nSPS) is 17.0. The number of nitrogens with zero attached hydrogens (tertiary/aromatic N) is 3. The molecule has 1 aromatic heterocycles. The molecule has 8 nitrogen and oxygen atoms in total. The monoisotopic (exact) mass is 487 g/mol. The Morgan fingerprint density at radius 2 is 1.81 bits per heavy atom. The zero-order valence-electron chi connectivity index (χ0n) is 21.3. The third-order valence-electron chi connectivity index (χ3n) is 6.73. The fourth-order valence-electron chi connectivity index (χ4n) is 4.64. The van der Waals surface area contributed by atoms with Crippen molar-refractivity contribution >= 4 is 23.4 Å². The molecule has 1 aliphatic heterocycles. The van der Waals surface area contributed by atoms with Crippen molar-refractivity contribution in [2.45, 2.75) is 59.2 Å². The van der Waals surface area contributed by atoms with E-state index in [1.807, 2.05) is 69.3 Å². The van der Waals surface area contributed by atoms with Crippen LogP contribution in [-0.2, 0) is 24.3 Å². The Morgan fingerprint density at radius 3 is 2.50 bits per heavy atom. The summed E-state index contributed by atoms with van der Waals surface area (Å²) in [6.07, 6.45) is 2.91. The van der Waals surface area contributed by atoms with Crippen LogP contribution in [0.25, 0.3) is 0 Å². The van der Waals surface area contributed by atoms with Crippen LogP contribution in [-0.4, -0.2) is 44.3 Å². The summed E-state index contributed by atoms with van der Waals surface area (Å²) in [6.45, 7) is 8.71. The van der Waals surface area contributed by atoms with Crippen LogP contribution in [0.1, 0.15) is 64.9 Å². The van der Waals surface area contributed by atoms with Gasteiger partial charge < -0.3 is 20.1 Å². The van der Waals surface area contributed by atoms with Crippen LogP contribution in [0.4, 0.5) is 5.69 Å². The zero-order chi connectivity index (χ0) is 25.9. The maximum absolute atomic E-state index is 13.7. The Labute approximate surface area is 211 Å². The number of rotatable bonds is 8. The molecule has 188 valence electrons. The van der Waals surface area contributed by atoms with Crippen molar-refractivity contribution in [3.63, 3.8) is 0 Å². The molecule has 0 unspecified atom stereocenters. The largest absolute Gasteiger partial charge is 0.350 e. The number of carbonyl (C=O) groups is 3. The molecule has 3 amide bonds. The quantitative estimate of drug-likeness (QED) is 0.503. The van der Waals surface area contributed by atoms with Gasteiger partial charge in [-0.3, -0.25) is 14.4 Å². The summed E-state index contributed by atoms with van der Waals surface area (Å²) in [6, 6.07) is 15.5. The lowest BCUT2D eigenvalue weighted by atomic mass is 9.93. The van der Waals surface area contributed by atoms with E-state index in [1.54, 1.807) is 16.4 Å². The van der Waals surface area contributed by atoms with Crippen molar-refractivity contribution in [1.29, 1.82) is 0 Å². The number of aryl methyl sites for hydroxylation is 2. The molecule has 1 atom stereocenters. The molecular weight excluding hydrogens is 454 g/mol. The van der Waals surface area contributed by atoms with E-state index >= 15 is 0 Å². The number of hydrogen-bond donors (Lipinski definition) is 2. The third-order valence-corrected chi connectivity index (χ3v) is 6.73. The lowest BCUT2D eigenvalue weighted by Crippen LogP contribution is -2.64. The van der Waals surface area contributed by atoms with E-state index < -0.39 is 11.4 Å². The van der Waals surface area contributed by atoms with E-state index in [2.05, 4.69) is 15.6 Å². The van der Waals surface area contributed by atoms with Crippen molar-refractivity contribution in [3.8, 4) is 0 Å². The van der Waals surface area contributed by atoms with E-state index in [4.69, 9.17) is 0 Å². The molecule has 0 saturated heterocycles. The minimum Gasteiger partial charge on any atom is -0.350 e. The number of imidazole rings is 1. The fourth-order valence-corrected chi connectivity index (χ4v) is 4.64. The van der Waals surface area contributed by atoms with Crippen molar-refractivity contribution in [3.05, 3.63) is 82.9 Å². The van der Waals surface area contributed by atoms with Gasteiger partial charge in [-0.15, -0.1) is 0 Å². The van der Waals surface area contributed by atoms with Gasteiger partial charge in [0.15, 0.2) is 5.69 Å². The van der Waals surface area contributed by atoms with E-state index in [9.17, 15) is 14.4 Å². The van der Waals surface area contributed by atoms with E-state index in [1.165, 1.54) is 6.33 Å². The third kappa shape index (κ3) is 4.76. The van der Waals surface area contributed by atoms with Crippen LogP contribution in [0.15, 0.2) is 54.9 Å². The van der Waals surface area contributed by atoms with Gasteiger partial charge in [0, 0.05) is 18.8 Å². The highest BCUT2D eigenvalue weighted by Gasteiger charge is 2.48. The Kier molecular flexibility index (Phi) is 7.24. The first-order chi connectivity index (χ1) is 17.3. The minimum absolute atomic E-state index is 0.0640. The molecule has 8 heteroatoms. The molecule has 36 heavy (non-hydrogen) atoms. The molecule has 2 heterocycles. The second-order valence-electron chi connectivity index (χ2n) is 9.43. The summed E-state index contributed by atoms with van der Waals surface area (Å²) in [5.41, 5.74) is 2.98. The number of benzene rings is 2. The van der Waals surface area contributed by atoms with Crippen LogP contribution < -0.4 is 10.6 Å². The van der Waals surface area contributed by atoms with Crippen molar-refractivity contribution in [2.75, 3.05) is 11.9 Å². The molecule has 0 fully saturated rings. The summed E-state index contributed by atoms with van der Waals surface area (Å²) < 4.78 is 1.63. The Hall–Kier alpha value is -3.94. The molecule has 2 N–H and O–H groups in total. The average Bonchev–Trinajstić information content (AvgIpc) is 3.30. The van der Waals surface area contributed by atoms with Crippen LogP contribution in [0.3, 0.4) is 0 Å². The van der Waals surface area contributed by atoms with Crippen LogP contribution in [0.5, 0.6) is 0 Å². The molecule has 0 saturated carbocycles. The highest BCUT2D eigenvalue weighted by molar-refractivity contribution is 6.11. The summed E-state index contributed by atoms with van der Waals surface area (Å²) in [7, 11) is 0. The molecule has 4 rings (SSSR count). The maximum atomic E-state index is 13.7. The summed E-state index contributed by atoms with van der Waals surface area (Å²) in [4.78, 5) is 46.2. The number of nitrogens with one attached hydrogen (secondary N) is 2. The first-order valence-corrected chi connectivity index (χ1v) is 12.4. The summed E-state index contributed by atoms with van der Waals surface area (Å²) >= 11 is 0. The van der Waals surface area contributed by atoms with Crippen LogP contribution in [0.2, 0.25) is 0 Å². The molecule has 3 aromatic rings. The van der Waals surface area contributed by atoms with Gasteiger partial charge >= 0.3 is 0 Å². The van der Waals surface area contributed by atoms with Gasteiger partial charge in [-0.25, -0.2) is 4.98 Å². The lowest BCUT2D eigenvalue weighted by Gasteiger charge is -2.43. The van der Waals surface area contributed by atoms with E-state index in [0.717, 1.165) is 23.1 Å². The van der Waals surface area contributed by atoms with Crippen molar-refractivity contribution < 1.29 is 14.4 Å². The number of carbonyl (C=O) groups excluding carboxylic acids is 3. The molecule has 2 aromatic carbocycles. The van der Waals surface area contributed by atoms with Crippen molar-refractivity contribution in [1.82, 2.24) is 19.8 Å². The van der Waals surface area contributed by atoms with Crippen molar-refractivity contribution in [2.24, 2.45) is 0 Å². The zero-order valence-corrected chi connectivity index (χ0v) is 21.3. The first kappa shape index (κ1) is 25.2. The summed E-state index contributed by atoms with van der Waals surface area (Å²) in [5, 5.41) is 5.90. The number of para-hydroxylation sites is 1. The average molecular weight is 488 g/mol. The molecule has 0 radical (unpaired) electrons. The molecule has 1 aliphatic rings. The van der Waals surface area contributed by atoms with E-state index in [0.29, 0.717) is 25.2 Å². The number of fused-ring (bicyclic) bond motifs is 1. The topological polar surface area (TPSA) is 96.3 Å². The van der Waals surface area contributed by atoms with Gasteiger partial charge in [-0.05, 0) is 43.9 Å². The highest BCUT2D eigenvalue weighted by atomic mass is 16.2. The van der Waals surface area contributed by atoms with Gasteiger partial charge in [-0.2, -0.15) is 0 Å². The predicted octanol–water partition coefficient (Wildman–Crippen LogP) is 3.95. The van der Waals surface area contributed by atoms with Gasteiger partial charge in [0.2, 0.25) is 5.91 Å². The Bertz CT molecular complexity index is 1280. The predicted molar refractivity (Wildman–Crippen MR) is 139 cm³/mol. The number of hydrogen-bond acceptors (Lipinski definition) is 4. The van der Waals surface area contributed by atoms with Gasteiger partial charge in [0.05, 0.1) is 12.9 Å². The van der Waals surface area contributed by atoms with Gasteiger partial charge in [0.25, 0.3) is 11.8 Å². The standard InChI is InChI=1S/C28H33N5O3/c1-5-15-33-26(35)24-23(25(34)31-22-10-8-7-9-21(22)6-2)30-18-32(24)17-28(33,4)27(36)29-16-20-13-11-19(3)12-14-20/h7-14,18H,5-6,15-17H2,1-4H3,(H,29,36)(H,31,34)/t28-/m0/s1. The second-order valence-corrected chi connectivity index (χ2v) is 9.43. The van der Waals surface area contributed by atoms with E-state index in [-0.39, 0.29) is 29.7 Å². The SMILES string of the molecule is CCCN1C(=O)c2c(C(=O)Nc3ccccc3CC)ncn2C[C@@]1(C)C(=O)NCc1ccc(C)cc1. The van der Waals surface area contributed by atoms with Crippen LogP contribution in [0, 0.1) is 6.92 Å². The van der Waals surface area contributed by atoms with Gasteiger partial charge in [-0.1, -0.05) is 61.9 Å². The molecule has 0 bridgehead atoms. The number of amides is 3. The molecule has 0 aliphatic carbocycles. The number of aromatic nitrogens is 2. The first-order valence-electron chi connectivity index (χ1n) is 12.4.